The van der Waals surface area contributed by atoms with Crippen LogP contribution < -0.4 is 0 Å². The summed E-state index contributed by atoms with van der Waals surface area (Å²) in [5, 5.41) is 0. The number of hydrogen-bond donors (Lipinski definition) is 0. The van der Waals surface area contributed by atoms with Crippen LogP contribution in [0.4, 0.5) is 0 Å². The summed E-state index contributed by atoms with van der Waals surface area (Å²) in [5.74, 6) is 0.318. The quantitative estimate of drug-likeness (QED) is 0.630. The first-order valence-electron chi connectivity index (χ1n) is 4.89. The molecule has 1 amide bonds. The molecule has 0 saturated carbocycles. The highest BCUT2D eigenvalue weighted by molar-refractivity contribution is 5.71. The van der Waals surface area contributed by atoms with Crippen LogP contribution in [0.1, 0.15) is 24.4 Å². The van der Waals surface area contributed by atoms with Gasteiger partial charge in [0.05, 0.1) is 20.5 Å². The van der Waals surface area contributed by atoms with Crippen molar-refractivity contribution in [3.8, 4) is 0 Å². The van der Waals surface area contributed by atoms with Crippen molar-refractivity contribution in [2.75, 3.05) is 14.1 Å². The van der Waals surface area contributed by atoms with Crippen LogP contribution >= 0.6 is 0 Å². The van der Waals surface area contributed by atoms with Crippen LogP contribution in [0.15, 0.2) is 24.5 Å². The van der Waals surface area contributed by atoms with Gasteiger partial charge in [-0.1, -0.05) is 0 Å². The second kappa shape index (κ2) is 3.17. The van der Waals surface area contributed by atoms with Gasteiger partial charge in [0, 0.05) is 24.4 Å². The highest BCUT2D eigenvalue weighted by Gasteiger charge is 2.43. The van der Waals surface area contributed by atoms with Crippen LogP contribution in [0.25, 0.3) is 0 Å². The highest BCUT2D eigenvalue weighted by Crippen LogP contribution is 2.36. The average Bonchev–Trinajstić information content (AvgIpc) is 2.44. The molecule has 2 heterocycles. The SMILES string of the molecule is C[N+]1(C)C(=O)CCC1c1cccnc1. The largest absolute Gasteiger partial charge is 0.314 e. The summed E-state index contributed by atoms with van der Waals surface area (Å²) in [6.07, 6.45) is 5.26. The molecule has 0 bridgehead atoms. The summed E-state index contributed by atoms with van der Waals surface area (Å²) < 4.78 is 0.464. The Kier molecular flexibility index (Phi) is 2.11. The molecule has 74 valence electrons. The highest BCUT2D eigenvalue weighted by atomic mass is 16.2. The fourth-order valence-corrected chi connectivity index (χ4v) is 2.16. The zero-order chi connectivity index (χ0) is 10.2. The lowest BCUT2D eigenvalue weighted by molar-refractivity contribution is -0.837. The third-order valence-electron chi connectivity index (χ3n) is 3.12. The third kappa shape index (κ3) is 1.34. The fraction of sp³-hybridized carbons (Fsp3) is 0.455. The second-order valence-corrected chi connectivity index (χ2v) is 4.27. The molecule has 0 aromatic carbocycles. The predicted octanol–water partition coefficient (Wildman–Crippen LogP) is 1.52. The van der Waals surface area contributed by atoms with Gasteiger partial charge in [-0.25, -0.2) is 4.79 Å². The van der Waals surface area contributed by atoms with E-state index < -0.39 is 0 Å². The van der Waals surface area contributed by atoms with Gasteiger partial charge in [-0.15, -0.1) is 0 Å². The van der Waals surface area contributed by atoms with Crippen LogP contribution in [0.3, 0.4) is 0 Å². The standard InChI is InChI=1S/C11H15N2O/c1-13(2)10(5-6-11(13)14)9-4-3-7-12-8-9/h3-4,7-8,10H,5-6H2,1-2H3/q+1. The molecule has 1 fully saturated rings. The van der Waals surface area contributed by atoms with E-state index in [1.165, 1.54) is 5.56 Å². The minimum absolute atomic E-state index is 0.288. The zero-order valence-corrected chi connectivity index (χ0v) is 8.60. The molecule has 1 saturated heterocycles. The van der Waals surface area contributed by atoms with Crippen molar-refractivity contribution in [2.24, 2.45) is 0 Å². The number of aromatic nitrogens is 1. The van der Waals surface area contributed by atoms with Crippen molar-refractivity contribution in [1.82, 2.24) is 4.98 Å². The minimum Gasteiger partial charge on any atom is -0.264 e. The van der Waals surface area contributed by atoms with E-state index in [2.05, 4.69) is 11.1 Å². The fourth-order valence-electron chi connectivity index (χ4n) is 2.16. The first-order valence-corrected chi connectivity index (χ1v) is 4.89. The number of rotatable bonds is 1. The Morgan fingerprint density at radius 2 is 2.29 bits per heavy atom. The monoisotopic (exact) mass is 191 g/mol. The van der Waals surface area contributed by atoms with E-state index in [1.807, 2.05) is 26.4 Å². The lowest BCUT2D eigenvalue weighted by Crippen LogP contribution is -2.42. The Hall–Kier alpha value is -1.22. The van der Waals surface area contributed by atoms with E-state index >= 15 is 0 Å². The molecule has 1 atom stereocenters. The molecule has 1 aromatic heterocycles. The summed E-state index contributed by atoms with van der Waals surface area (Å²) in [5.41, 5.74) is 1.17. The molecule has 0 aliphatic carbocycles. The van der Waals surface area contributed by atoms with Crippen LogP contribution in [0, 0.1) is 0 Å². The lowest BCUT2D eigenvalue weighted by Gasteiger charge is -2.28. The van der Waals surface area contributed by atoms with E-state index in [9.17, 15) is 4.79 Å². The first-order chi connectivity index (χ1) is 6.62. The van der Waals surface area contributed by atoms with Crippen molar-refractivity contribution in [3.05, 3.63) is 30.1 Å². The molecule has 0 spiro atoms. The summed E-state index contributed by atoms with van der Waals surface area (Å²) >= 11 is 0. The van der Waals surface area contributed by atoms with Crippen LogP contribution in [-0.2, 0) is 4.79 Å². The molecule has 1 aliphatic rings. The summed E-state index contributed by atoms with van der Waals surface area (Å²) in [7, 11) is 3.96. The number of quaternary nitrogens is 1. The van der Waals surface area contributed by atoms with Gasteiger partial charge in [-0.05, 0) is 12.1 Å². The van der Waals surface area contributed by atoms with Crippen LogP contribution in [0.5, 0.6) is 0 Å². The van der Waals surface area contributed by atoms with E-state index in [0.717, 1.165) is 6.42 Å². The normalized spacial score (nSPS) is 25.3. The maximum absolute atomic E-state index is 11.6. The minimum atomic E-state index is 0.288. The summed E-state index contributed by atoms with van der Waals surface area (Å²) in [4.78, 5) is 15.7. The summed E-state index contributed by atoms with van der Waals surface area (Å²) in [6, 6.07) is 4.27. The molecule has 1 aromatic rings. The lowest BCUT2D eigenvalue weighted by atomic mass is 10.1. The van der Waals surface area contributed by atoms with Crippen molar-refractivity contribution in [2.45, 2.75) is 18.9 Å². The van der Waals surface area contributed by atoms with Gasteiger partial charge < -0.3 is 0 Å². The van der Waals surface area contributed by atoms with Crippen LogP contribution in [0.2, 0.25) is 0 Å². The van der Waals surface area contributed by atoms with Gasteiger partial charge in [0.2, 0.25) is 0 Å². The maximum atomic E-state index is 11.6. The number of likely N-dealkylation sites (tertiary alicyclic amines) is 1. The zero-order valence-electron chi connectivity index (χ0n) is 8.60. The Morgan fingerprint density at radius 3 is 2.79 bits per heavy atom. The molecule has 1 unspecified atom stereocenters. The second-order valence-electron chi connectivity index (χ2n) is 4.27. The van der Waals surface area contributed by atoms with Crippen molar-refractivity contribution >= 4 is 5.91 Å². The van der Waals surface area contributed by atoms with E-state index in [-0.39, 0.29) is 6.04 Å². The molecule has 2 rings (SSSR count). The van der Waals surface area contributed by atoms with Gasteiger partial charge in [0.1, 0.15) is 6.04 Å². The number of nitrogens with zero attached hydrogens (tertiary/aromatic N) is 2. The Balaban J connectivity index is 2.33. The molecular formula is C11H15N2O+. The molecule has 0 radical (unpaired) electrons. The molecule has 0 N–H and O–H groups in total. The maximum Gasteiger partial charge on any atom is 0.314 e. The average molecular weight is 191 g/mol. The summed E-state index contributed by atoms with van der Waals surface area (Å²) in [6.45, 7) is 0. The Morgan fingerprint density at radius 1 is 1.50 bits per heavy atom. The first kappa shape index (κ1) is 9.34. The number of pyridine rings is 1. The Labute approximate surface area is 84.0 Å². The molecule has 3 heteroatoms. The smallest absolute Gasteiger partial charge is 0.264 e. The van der Waals surface area contributed by atoms with Crippen molar-refractivity contribution in [1.29, 1.82) is 0 Å². The van der Waals surface area contributed by atoms with E-state index in [4.69, 9.17) is 0 Å². The number of carbonyl (C=O) groups excluding carboxylic acids is 1. The Bertz CT molecular complexity index is 346. The number of amides is 1. The van der Waals surface area contributed by atoms with Gasteiger partial charge in [-0.3, -0.25) is 9.47 Å². The van der Waals surface area contributed by atoms with Gasteiger partial charge >= 0.3 is 5.91 Å². The molecule has 14 heavy (non-hydrogen) atoms. The van der Waals surface area contributed by atoms with Gasteiger partial charge in [-0.2, -0.15) is 0 Å². The predicted molar refractivity (Wildman–Crippen MR) is 53.3 cm³/mol. The van der Waals surface area contributed by atoms with E-state index in [0.29, 0.717) is 16.8 Å². The van der Waals surface area contributed by atoms with Gasteiger partial charge in [0.25, 0.3) is 0 Å². The third-order valence-corrected chi connectivity index (χ3v) is 3.12. The van der Waals surface area contributed by atoms with Crippen molar-refractivity contribution in [3.63, 3.8) is 0 Å². The number of hydrogen-bond acceptors (Lipinski definition) is 2. The molecule has 1 aliphatic heterocycles. The van der Waals surface area contributed by atoms with Crippen molar-refractivity contribution < 1.29 is 9.28 Å². The van der Waals surface area contributed by atoms with Crippen LogP contribution in [-0.4, -0.2) is 29.5 Å². The molecule has 3 nitrogen and oxygen atoms in total. The molecular weight excluding hydrogens is 176 g/mol. The topological polar surface area (TPSA) is 30.0 Å². The van der Waals surface area contributed by atoms with Gasteiger partial charge in [0.15, 0.2) is 0 Å². The van der Waals surface area contributed by atoms with E-state index in [1.54, 1.807) is 6.20 Å². The number of carbonyl (C=O) groups is 1.